The van der Waals surface area contributed by atoms with Crippen LogP contribution in [0.15, 0.2) is 30.3 Å². The third-order valence-electron chi connectivity index (χ3n) is 3.18. The van der Waals surface area contributed by atoms with Crippen LogP contribution >= 0.6 is 0 Å². The quantitative estimate of drug-likeness (QED) is 0.780. The van der Waals surface area contributed by atoms with Gasteiger partial charge in [0, 0.05) is 6.54 Å². The highest BCUT2D eigenvalue weighted by atomic mass is 16.2. The van der Waals surface area contributed by atoms with E-state index in [0.29, 0.717) is 6.42 Å². The number of hydrogen-bond acceptors (Lipinski definition) is 2. The molecule has 1 atom stereocenters. The number of nitrogens with two attached hydrogens (primary N) is 1. The fourth-order valence-electron chi connectivity index (χ4n) is 1.90. The van der Waals surface area contributed by atoms with Crippen LogP contribution in [0.5, 0.6) is 0 Å². The van der Waals surface area contributed by atoms with Crippen molar-refractivity contribution in [1.29, 1.82) is 0 Å². The minimum atomic E-state index is -0.434. The van der Waals surface area contributed by atoms with Gasteiger partial charge >= 0.3 is 0 Å². The van der Waals surface area contributed by atoms with E-state index in [0.717, 1.165) is 24.4 Å². The molecule has 0 saturated heterocycles. The first-order chi connectivity index (χ1) is 8.25. The summed E-state index contributed by atoms with van der Waals surface area (Å²) in [4.78, 5) is 11.7. The van der Waals surface area contributed by atoms with Crippen LogP contribution in [-0.4, -0.2) is 18.5 Å². The molecule has 0 radical (unpaired) electrons. The Kier molecular flexibility index (Phi) is 4.15. The average molecular weight is 232 g/mol. The highest BCUT2D eigenvalue weighted by Gasteiger charge is 2.21. The molecule has 3 N–H and O–H groups in total. The summed E-state index contributed by atoms with van der Waals surface area (Å²) in [5.74, 6) is 0.815. The first-order valence-electron chi connectivity index (χ1n) is 6.33. The Morgan fingerprint density at radius 2 is 2.06 bits per heavy atom. The standard InChI is InChI=1S/C14H20N2O/c15-13(10-12-4-2-1-3-5-12)14(17)16-9-8-11-6-7-11/h1-5,11,13H,6-10,15H2,(H,16,17). The van der Waals surface area contributed by atoms with Gasteiger partial charge in [-0.15, -0.1) is 0 Å². The molecule has 0 spiro atoms. The van der Waals surface area contributed by atoms with Crippen molar-refractivity contribution >= 4 is 5.91 Å². The summed E-state index contributed by atoms with van der Waals surface area (Å²) >= 11 is 0. The van der Waals surface area contributed by atoms with Gasteiger partial charge in [0.2, 0.25) is 5.91 Å². The van der Waals surface area contributed by atoms with Crippen molar-refractivity contribution in [2.75, 3.05) is 6.54 Å². The van der Waals surface area contributed by atoms with Gasteiger partial charge in [0.25, 0.3) is 0 Å². The largest absolute Gasteiger partial charge is 0.355 e. The number of nitrogens with one attached hydrogen (secondary N) is 1. The summed E-state index contributed by atoms with van der Waals surface area (Å²) in [6, 6.07) is 9.45. The third kappa shape index (κ3) is 4.19. The number of amides is 1. The van der Waals surface area contributed by atoms with Crippen LogP contribution < -0.4 is 11.1 Å². The Labute approximate surface area is 102 Å². The number of benzene rings is 1. The van der Waals surface area contributed by atoms with Crippen LogP contribution in [0.1, 0.15) is 24.8 Å². The smallest absolute Gasteiger partial charge is 0.237 e. The van der Waals surface area contributed by atoms with Crippen molar-refractivity contribution in [3.05, 3.63) is 35.9 Å². The Morgan fingerprint density at radius 3 is 2.71 bits per heavy atom. The molecule has 1 aromatic rings. The molecule has 1 saturated carbocycles. The molecule has 3 heteroatoms. The van der Waals surface area contributed by atoms with E-state index in [9.17, 15) is 4.79 Å². The molecule has 17 heavy (non-hydrogen) atoms. The van der Waals surface area contributed by atoms with E-state index >= 15 is 0 Å². The topological polar surface area (TPSA) is 55.1 Å². The van der Waals surface area contributed by atoms with Gasteiger partial charge in [-0.3, -0.25) is 4.79 Å². The van der Waals surface area contributed by atoms with Crippen LogP contribution in [0.4, 0.5) is 0 Å². The number of carbonyl (C=O) groups excluding carboxylic acids is 1. The number of rotatable bonds is 6. The third-order valence-corrected chi connectivity index (χ3v) is 3.18. The van der Waals surface area contributed by atoms with Crippen LogP contribution in [0.2, 0.25) is 0 Å². The summed E-state index contributed by atoms with van der Waals surface area (Å²) < 4.78 is 0. The molecule has 1 amide bonds. The molecule has 92 valence electrons. The van der Waals surface area contributed by atoms with E-state index in [1.54, 1.807) is 0 Å². The minimum absolute atomic E-state index is 0.0329. The second-order valence-electron chi connectivity index (χ2n) is 4.82. The van der Waals surface area contributed by atoms with Crippen molar-refractivity contribution < 1.29 is 4.79 Å². The van der Waals surface area contributed by atoms with Crippen LogP contribution in [0.25, 0.3) is 0 Å². The fourth-order valence-corrected chi connectivity index (χ4v) is 1.90. The van der Waals surface area contributed by atoms with Crippen molar-refractivity contribution in [3.63, 3.8) is 0 Å². The highest BCUT2D eigenvalue weighted by Crippen LogP contribution is 2.31. The summed E-state index contributed by atoms with van der Waals surface area (Å²) in [6.07, 6.45) is 4.36. The lowest BCUT2D eigenvalue weighted by molar-refractivity contribution is -0.122. The molecule has 0 bridgehead atoms. The Hall–Kier alpha value is -1.35. The molecule has 1 aliphatic rings. The molecule has 0 aliphatic heterocycles. The zero-order valence-corrected chi connectivity index (χ0v) is 10.1. The lowest BCUT2D eigenvalue weighted by atomic mass is 10.1. The first kappa shape index (κ1) is 12.1. The number of hydrogen-bond donors (Lipinski definition) is 2. The molecule has 1 unspecified atom stereocenters. The molecule has 1 fully saturated rings. The predicted octanol–water partition coefficient (Wildman–Crippen LogP) is 1.47. The van der Waals surface area contributed by atoms with E-state index in [1.807, 2.05) is 30.3 Å². The number of carbonyl (C=O) groups is 1. The van der Waals surface area contributed by atoms with Crippen LogP contribution in [-0.2, 0) is 11.2 Å². The Bertz CT molecular complexity index is 360. The van der Waals surface area contributed by atoms with Gasteiger partial charge in [-0.2, -0.15) is 0 Å². The maximum atomic E-state index is 11.7. The van der Waals surface area contributed by atoms with E-state index in [1.165, 1.54) is 12.8 Å². The summed E-state index contributed by atoms with van der Waals surface area (Å²) in [7, 11) is 0. The lowest BCUT2D eigenvalue weighted by Crippen LogP contribution is -2.42. The summed E-state index contributed by atoms with van der Waals surface area (Å²) in [5, 5.41) is 2.91. The van der Waals surface area contributed by atoms with Gasteiger partial charge in [-0.05, 0) is 24.3 Å². The Morgan fingerprint density at radius 1 is 1.35 bits per heavy atom. The van der Waals surface area contributed by atoms with Gasteiger partial charge in [-0.25, -0.2) is 0 Å². The normalized spacial score (nSPS) is 16.5. The summed E-state index contributed by atoms with van der Waals surface area (Å²) in [5.41, 5.74) is 6.98. The molecule has 1 aliphatic carbocycles. The van der Waals surface area contributed by atoms with Crippen LogP contribution in [0.3, 0.4) is 0 Å². The maximum Gasteiger partial charge on any atom is 0.237 e. The highest BCUT2D eigenvalue weighted by molar-refractivity contribution is 5.81. The zero-order valence-electron chi connectivity index (χ0n) is 10.1. The van der Waals surface area contributed by atoms with E-state index in [2.05, 4.69) is 5.32 Å². The Balaban J connectivity index is 1.70. The molecular weight excluding hydrogens is 212 g/mol. The molecule has 0 heterocycles. The molecule has 2 rings (SSSR count). The molecule has 0 aromatic heterocycles. The lowest BCUT2D eigenvalue weighted by Gasteiger charge is -2.12. The van der Waals surface area contributed by atoms with Gasteiger partial charge in [0.1, 0.15) is 0 Å². The fraction of sp³-hybridized carbons (Fsp3) is 0.500. The monoisotopic (exact) mass is 232 g/mol. The molecular formula is C14H20N2O. The van der Waals surface area contributed by atoms with Gasteiger partial charge < -0.3 is 11.1 Å². The second kappa shape index (κ2) is 5.82. The predicted molar refractivity (Wildman–Crippen MR) is 68.5 cm³/mol. The van der Waals surface area contributed by atoms with E-state index in [-0.39, 0.29) is 5.91 Å². The minimum Gasteiger partial charge on any atom is -0.355 e. The maximum absolute atomic E-state index is 11.7. The summed E-state index contributed by atoms with van der Waals surface area (Å²) in [6.45, 7) is 0.770. The van der Waals surface area contributed by atoms with Gasteiger partial charge in [0.05, 0.1) is 6.04 Å². The van der Waals surface area contributed by atoms with Crippen LogP contribution in [0, 0.1) is 5.92 Å². The van der Waals surface area contributed by atoms with E-state index < -0.39 is 6.04 Å². The van der Waals surface area contributed by atoms with Crippen molar-refractivity contribution in [2.24, 2.45) is 11.7 Å². The first-order valence-corrected chi connectivity index (χ1v) is 6.33. The second-order valence-corrected chi connectivity index (χ2v) is 4.82. The van der Waals surface area contributed by atoms with Gasteiger partial charge in [0.15, 0.2) is 0 Å². The SMILES string of the molecule is NC(Cc1ccccc1)C(=O)NCCC1CC1. The van der Waals surface area contributed by atoms with Crippen molar-refractivity contribution in [2.45, 2.75) is 31.7 Å². The van der Waals surface area contributed by atoms with E-state index in [4.69, 9.17) is 5.73 Å². The van der Waals surface area contributed by atoms with Crippen molar-refractivity contribution in [3.8, 4) is 0 Å². The zero-order chi connectivity index (χ0) is 12.1. The molecule has 1 aromatic carbocycles. The average Bonchev–Trinajstić information content (AvgIpc) is 3.14. The van der Waals surface area contributed by atoms with Gasteiger partial charge in [-0.1, -0.05) is 43.2 Å². The van der Waals surface area contributed by atoms with Crippen molar-refractivity contribution in [1.82, 2.24) is 5.32 Å². The molecule has 3 nitrogen and oxygen atoms in total.